The molecule has 43 heavy (non-hydrogen) atoms. The van der Waals surface area contributed by atoms with Gasteiger partial charge in [0.25, 0.3) is 0 Å². The lowest BCUT2D eigenvalue weighted by Gasteiger charge is -2.32. The number of esters is 2. The summed E-state index contributed by atoms with van der Waals surface area (Å²) in [6, 6.07) is 12.2. The number of hydrogen-bond donors (Lipinski definition) is 0. The highest BCUT2D eigenvalue weighted by Crippen LogP contribution is 2.30. The van der Waals surface area contributed by atoms with Gasteiger partial charge in [-0.25, -0.2) is 23.2 Å². The van der Waals surface area contributed by atoms with E-state index in [1.165, 1.54) is 27.0 Å². The number of likely N-dealkylation sites (N-methyl/N-ethyl adjacent to an activating group) is 1. The zero-order chi connectivity index (χ0) is 31.8. The van der Waals surface area contributed by atoms with Crippen molar-refractivity contribution in [3.05, 3.63) is 71.0 Å². The Hall–Kier alpha value is -3.53. The molecular formula is C33H43F2NO7. The molecule has 1 aliphatic rings. The van der Waals surface area contributed by atoms with E-state index in [0.717, 1.165) is 10.5 Å². The average molecular weight is 604 g/mol. The molecule has 1 amide bonds. The topological polar surface area (TPSA) is 91.4 Å². The van der Waals surface area contributed by atoms with Gasteiger partial charge in [-0.05, 0) is 76.1 Å². The summed E-state index contributed by atoms with van der Waals surface area (Å²) < 4.78 is 51.9. The van der Waals surface area contributed by atoms with Crippen LogP contribution in [0.5, 0.6) is 0 Å². The van der Waals surface area contributed by atoms with Crippen LogP contribution in [0.2, 0.25) is 0 Å². The lowest BCUT2D eigenvalue weighted by Crippen LogP contribution is -2.49. The molecule has 8 nitrogen and oxygen atoms in total. The summed E-state index contributed by atoms with van der Waals surface area (Å²) in [5, 5.41) is 0. The molecule has 0 radical (unpaired) electrons. The standard InChI is InChI=1S/C33H43F2NO7/c1-32(2,3)43-31(39)36(6)27(20-33(4,5)35)29(37)42-28(30(38)41-21-22-10-8-7-9-11-22)19-23-12-13-25(26(34)18-23)24-14-16-40-17-15-24/h7-13,18,24,27-28H,14-17,19-21H2,1-6H3/t27-,28+/m0/s1. The molecule has 0 saturated carbocycles. The number of hydrogen-bond acceptors (Lipinski definition) is 7. The smallest absolute Gasteiger partial charge is 0.410 e. The fourth-order valence-electron chi connectivity index (χ4n) is 4.76. The summed E-state index contributed by atoms with van der Waals surface area (Å²) in [6.45, 7) is 8.57. The van der Waals surface area contributed by atoms with Gasteiger partial charge in [0, 0.05) is 33.1 Å². The van der Waals surface area contributed by atoms with E-state index < -0.39 is 53.7 Å². The third-order valence-corrected chi connectivity index (χ3v) is 6.99. The monoisotopic (exact) mass is 603 g/mol. The van der Waals surface area contributed by atoms with Gasteiger partial charge in [-0.1, -0.05) is 42.5 Å². The van der Waals surface area contributed by atoms with Crippen LogP contribution in [0.1, 0.15) is 76.5 Å². The fourth-order valence-corrected chi connectivity index (χ4v) is 4.76. The third-order valence-electron chi connectivity index (χ3n) is 6.99. The first kappa shape index (κ1) is 34.0. The van der Waals surface area contributed by atoms with Crippen LogP contribution in [0.25, 0.3) is 0 Å². The van der Waals surface area contributed by atoms with Crippen LogP contribution in [0, 0.1) is 5.82 Å². The molecule has 1 fully saturated rings. The molecule has 0 spiro atoms. The van der Waals surface area contributed by atoms with Crippen LogP contribution in [0.15, 0.2) is 48.5 Å². The number of rotatable bonds is 11. The molecule has 1 saturated heterocycles. The first-order valence-electron chi connectivity index (χ1n) is 14.5. The molecule has 0 aromatic heterocycles. The van der Waals surface area contributed by atoms with Crippen LogP contribution in [0.4, 0.5) is 13.6 Å². The minimum Gasteiger partial charge on any atom is -0.458 e. The lowest BCUT2D eigenvalue weighted by atomic mass is 9.90. The lowest BCUT2D eigenvalue weighted by molar-refractivity contribution is -0.172. The maximum absolute atomic E-state index is 15.2. The Kier molecular flexibility index (Phi) is 11.7. The molecule has 0 aliphatic carbocycles. The number of amides is 1. The highest BCUT2D eigenvalue weighted by atomic mass is 19.1. The molecule has 10 heteroatoms. The summed E-state index contributed by atoms with van der Waals surface area (Å²) in [4.78, 5) is 40.5. The Balaban J connectivity index is 1.85. The van der Waals surface area contributed by atoms with Gasteiger partial charge >= 0.3 is 18.0 Å². The van der Waals surface area contributed by atoms with E-state index in [1.807, 2.05) is 6.07 Å². The normalized spacial score (nSPS) is 15.7. The summed E-state index contributed by atoms with van der Waals surface area (Å²) in [7, 11) is 1.30. The van der Waals surface area contributed by atoms with E-state index in [-0.39, 0.29) is 18.9 Å². The number of alkyl halides is 1. The number of carbonyl (C=O) groups is 3. The van der Waals surface area contributed by atoms with E-state index in [2.05, 4.69) is 0 Å². The van der Waals surface area contributed by atoms with Crippen molar-refractivity contribution in [3.63, 3.8) is 0 Å². The van der Waals surface area contributed by atoms with Crippen LogP contribution in [-0.4, -0.2) is 66.6 Å². The van der Waals surface area contributed by atoms with Crippen molar-refractivity contribution in [1.82, 2.24) is 4.90 Å². The number of benzene rings is 2. The second-order valence-corrected chi connectivity index (χ2v) is 12.5. The van der Waals surface area contributed by atoms with Crippen LogP contribution in [-0.2, 0) is 41.6 Å². The van der Waals surface area contributed by atoms with E-state index in [9.17, 15) is 18.8 Å². The maximum atomic E-state index is 15.2. The molecule has 0 bridgehead atoms. The molecule has 0 N–H and O–H groups in total. The van der Waals surface area contributed by atoms with E-state index in [1.54, 1.807) is 57.2 Å². The Labute approximate surface area is 252 Å². The Morgan fingerprint density at radius 1 is 0.977 bits per heavy atom. The van der Waals surface area contributed by atoms with Crippen molar-refractivity contribution < 1.29 is 42.1 Å². The van der Waals surface area contributed by atoms with Gasteiger partial charge < -0.3 is 18.9 Å². The molecule has 1 heterocycles. The van der Waals surface area contributed by atoms with Gasteiger partial charge in [0.15, 0.2) is 0 Å². The number of ether oxygens (including phenoxy) is 4. The van der Waals surface area contributed by atoms with Gasteiger partial charge in [-0.15, -0.1) is 0 Å². The van der Waals surface area contributed by atoms with Crippen molar-refractivity contribution in [1.29, 1.82) is 0 Å². The van der Waals surface area contributed by atoms with Crippen molar-refractivity contribution in [2.24, 2.45) is 0 Å². The van der Waals surface area contributed by atoms with Crippen molar-refractivity contribution in [2.75, 3.05) is 20.3 Å². The van der Waals surface area contributed by atoms with Gasteiger partial charge in [-0.3, -0.25) is 4.90 Å². The van der Waals surface area contributed by atoms with Gasteiger partial charge in [0.05, 0.1) is 0 Å². The number of nitrogens with zero attached hydrogens (tertiary/aromatic N) is 1. The van der Waals surface area contributed by atoms with Crippen LogP contribution in [0.3, 0.4) is 0 Å². The largest absolute Gasteiger partial charge is 0.458 e. The summed E-state index contributed by atoms with van der Waals surface area (Å²) in [5.74, 6) is -2.27. The van der Waals surface area contributed by atoms with E-state index >= 15 is 4.39 Å². The number of carbonyl (C=O) groups excluding carboxylic acids is 3. The van der Waals surface area contributed by atoms with Gasteiger partial charge in [0.2, 0.25) is 6.10 Å². The second-order valence-electron chi connectivity index (χ2n) is 12.5. The summed E-state index contributed by atoms with van der Waals surface area (Å²) in [5.41, 5.74) is -1.04. The van der Waals surface area contributed by atoms with Gasteiger partial charge in [-0.2, -0.15) is 0 Å². The zero-order valence-corrected chi connectivity index (χ0v) is 25.9. The van der Waals surface area contributed by atoms with Crippen LogP contribution < -0.4 is 0 Å². The van der Waals surface area contributed by atoms with Gasteiger partial charge in [0.1, 0.15) is 29.7 Å². The first-order chi connectivity index (χ1) is 20.1. The minimum absolute atomic E-state index is 0.0282. The molecular weight excluding hydrogens is 560 g/mol. The predicted molar refractivity (Wildman–Crippen MR) is 157 cm³/mol. The van der Waals surface area contributed by atoms with E-state index in [4.69, 9.17) is 18.9 Å². The van der Waals surface area contributed by atoms with Crippen molar-refractivity contribution >= 4 is 18.0 Å². The molecule has 2 aromatic rings. The first-order valence-corrected chi connectivity index (χ1v) is 14.5. The Bertz CT molecular complexity index is 1230. The van der Waals surface area contributed by atoms with Crippen LogP contribution >= 0.6 is 0 Å². The minimum atomic E-state index is -1.87. The van der Waals surface area contributed by atoms with Crippen molar-refractivity contribution in [2.45, 2.75) is 96.2 Å². The third kappa shape index (κ3) is 10.9. The second kappa shape index (κ2) is 14.8. The molecule has 236 valence electrons. The summed E-state index contributed by atoms with van der Waals surface area (Å²) >= 11 is 0. The zero-order valence-electron chi connectivity index (χ0n) is 25.9. The summed E-state index contributed by atoms with van der Waals surface area (Å²) in [6.07, 6.45) is -1.53. The highest BCUT2D eigenvalue weighted by Gasteiger charge is 2.38. The highest BCUT2D eigenvalue weighted by molar-refractivity contribution is 5.85. The Morgan fingerprint density at radius 2 is 1.63 bits per heavy atom. The molecule has 2 aromatic carbocycles. The Morgan fingerprint density at radius 3 is 2.21 bits per heavy atom. The predicted octanol–water partition coefficient (Wildman–Crippen LogP) is 6.29. The SMILES string of the molecule is CN(C(=O)OC(C)(C)C)[C@@H](CC(C)(C)F)C(=O)O[C@H](Cc1ccc(C2CCOCC2)c(F)c1)C(=O)OCc1ccccc1. The molecule has 0 unspecified atom stereocenters. The van der Waals surface area contributed by atoms with Crippen molar-refractivity contribution in [3.8, 4) is 0 Å². The quantitative estimate of drug-likeness (QED) is 0.220. The van der Waals surface area contributed by atoms with E-state index in [0.29, 0.717) is 37.2 Å². The average Bonchev–Trinajstić information content (AvgIpc) is 2.93. The molecule has 3 rings (SSSR count). The fraction of sp³-hybridized carbons (Fsp3) is 0.545. The molecule has 1 aliphatic heterocycles. The molecule has 2 atom stereocenters. The maximum Gasteiger partial charge on any atom is 0.410 e. The number of halogens is 2.